The van der Waals surface area contributed by atoms with Crippen LogP contribution in [0.25, 0.3) is 60.5 Å². The number of fused-ring (bicyclic) bond motifs is 7. The Hall–Kier alpha value is -7.91. The summed E-state index contributed by atoms with van der Waals surface area (Å²) in [6, 6.07) is 59.7. The smallest absolute Gasteiger partial charge is 0.0770 e. The lowest BCUT2D eigenvalue weighted by Gasteiger charge is -2.30. The highest BCUT2D eigenvalue weighted by molar-refractivity contribution is 6.09. The van der Waals surface area contributed by atoms with Crippen LogP contribution in [0.4, 0.5) is 22.7 Å². The van der Waals surface area contributed by atoms with Crippen molar-refractivity contribution >= 4 is 55.3 Å². The SMILES string of the molecule is C1=CC=CC2C=1N(c1cc(-c3cncc(-c4ccc(N(C5=CC=CCC5)c5cccc6ccccc56)cc4)c3)cc(-n3c4ccccc4c4ccccc43)c1)c1ccccc12. The van der Waals surface area contributed by atoms with Gasteiger partial charge in [0, 0.05) is 62.4 Å². The number of para-hydroxylation sites is 3. The Morgan fingerprint density at radius 3 is 2.10 bits per heavy atom. The molecule has 4 heteroatoms. The van der Waals surface area contributed by atoms with Crippen LogP contribution in [0, 0.1) is 0 Å². The molecule has 3 aliphatic rings. The summed E-state index contributed by atoms with van der Waals surface area (Å²) in [5.41, 5.74) is 19.7. The van der Waals surface area contributed by atoms with E-state index in [0.29, 0.717) is 0 Å². The molecule has 1 atom stereocenters. The van der Waals surface area contributed by atoms with Gasteiger partial charge in [-0.1, -0.05) is 133 Å². The fourth-order valence-corrected chi connectivity index (χ4v) is 9.72. The Bertz CT molecular complexity index is 3310. The lowest BCUT2D eigenvalue weighted by molar-refractivity contribution is 0.919. The van der Waals surface area contributed by atoms with Crippen molar-refractivity contribution in [2.75, 3.05) is 9.80 Å². The van der Waals surface area contributed by atoms with Crippen LogP contribution in [0.5, 0.6) is 0 Å². The van der Waals surface area contributed by atoms with Gasteiger partial charge in [0.15, 0.2) is 0 Å². The summed E-state index contributed by atoms with van der Waals surface area (Å²) in [5.74, 6) is 0.150. The summed E-state index contributed by atoms with van der Waals surface area (Å²) < 4.78 is 2.41. The molecule has 1 aliphatic heterocycles. The number of hydrogen-bond donors (Lipinski definition) is 0. The van der Waals surface area contributed by atoms with E-state index in [1.54, 1.807) is 0 Å². The van der Waals surface area contributed by atoms with Gasteiger partial charge in [-0.15, -0.1) is 0 Å². The fourth-order valence-electron chi connectivity index (χ4n) is 9.72. The highest BCUT2D eigenvalue weighted by atomic mass is 15.2. The molecule has 0 spiro atoms. The van der Waals surface area contributed by atoms with Crippen molar-refractivity contribution < 1.29 is 0 Å². The number of aromatic nitrogens is 2. The first-order valence-electron chi connectivity index (χ1n) is 21.1. The third-order valence-corrected chi connectivity index (χ3v) is 12.5. The molecule has 2 aliphatic carbocycles. The third kappa shape index (κ3) is 5.88. The zero-order valence-corrected chi connectivity index (χ0v) is 33.5. The van der Waals surface area contributed by atoms with E-state index in [1.165, 1.54) is 55.2 Å². The zero-order valence-electron chi connectivity index (χ0n) is 33.5. The Kier molecular flexibility index (Phi) is 8.29. The van der Waals surface area contributed by atoms with Crippen LogP contribution in [0.3, 0.4) is 0 Å². The minimum absolute atomic E-state index is 0.150. The summed E-state index contributed by atoms with van der Waals surface area (Å²) in [4.78, 5) is 9.72. The second-order valence-corrected chi connectivity index (χ2v) is 16.0. The van der Waals surface area contributed by atoms with Crippen LogP contribution in [-0.4, -0.2) is 9.55 Å². The lowest BCUT2D eigenvalue weighted by Crippen LogP contribution is -2.17. The van der Waals surface area contributed by atoms with E-state index in [9.17, 15) is 0 Å². The van der Waals surface area contributed by atoms with Gasteiger partial charge in [0.05, 0.1) is 34.0 Å². The summed E-state index contributed by atoms with van der Waals surface area (Å²) in [5, 5.41) is 4.95. The van der Waals surface area contributed by atoms with E-state index in [2.05, 4.69) is 214 Å². The largest absolute Gasteiger partial charge is 0.314 e. The average Bonchev–Trinajstić information content (AvgIpc) is 3.85. The molecular weight excluding hydrogens is 741 g/mol. The van der Waals surface area contributed by atoms with Crippen LogP contribution in [0.1, 0.15) is 24.3 Å². The van der Waals surface area contributed by atoms with E-state index in [0.717, 1.165) is 57.9 Å². The first-order valence-corrected chi connectivity index (χ1v) is 21.1. The summed E-state index contributed by atoms with van der Waals surface area (Å²) in [6.07, 6.45) is 19.1. The van der Waals surface area contributed by atoms with Gasteiger partial charge in [0.25, 0.3) is 0 Å². The van der Waals surface area contributed by atoms with Crippen molar-refractivity contribution in [3.63, 3.8) is 0 Å². The topological polar surface area (TPSA) is 24.3 Å². The molecule has 0 saturated carbocycles. The number of benzene rings is 7. The number of hydrogen-bond acceptors (Lipinski definition) is 3. The minimum Gasteiger partial charge on any atom is -0.314 e. The molecule has 61 heavy (non-hydrogen) atoms. The molecule has 2 aromatic heterocycles. The average molecular weight is 781 g/mol. The minimum atomic E-state index is 0.150. The highest BCUT2D eigenvalue weighted by Gasteiger charge is 2.34. The standard InChI is InChI=1S/C57H40N4/c1-2-17-44(18-3-1)59(53-28-14-16-40-15-4-5-19-48(40)53)45-31-29-39(30-32-45)42-33-43(38-58-37-42)41-34-46(60-54-24-10-6-20-49(54)50-21-7-11-25-55(50)60)36-47(35-41)61-56-26-12-8-22-51(56)52-23-9-13-27-57(52)61/h1-2,4-17,19-26,28-38,52H,3,18H2. The molecular formula is C57H40N4. The van der Waals surface area contributed by atoms with Gasteiger partial charge in [0.1, 0.15) is 0 Å². The monoisotopic (exact) mass is 780 g/mol. The lowest BCUT2D eigenvalue weighted by atomic mass is 9.96. The Morgan fingerprint density at radius 2 is 1.30 bits per heavy atom. The molecule has 7 aromatic carbocycles. The van der Waals surface area contributed by atoms with Gasteiger partial charge < -0.3 is 14.4 Å². The molecule has 0 fully saturated rings. The maximum Gasteiger partial charge on any atom is 0.0770 e. The predicted molar refractivity (Wildman–Crippen MR) is 254 cm³/mol. The van der Waals surface area contributed by atoms with E-state index in [4.69, 9.17) is 4.98 Å². The molecule has 9 aromatic rings. The van der Waals surface area contributed by atoms with Gasteiger partial charge in [-0.05, 0) is 108 Å². The number of allylic oxidation sites excluding steroid dienone is 6. The fraction of sp³-hybridized carbons (Fsp3) is 0.0526. The van der Waals surface area contributed by atoms with E-state index in [-0.39, 0.29) is 5.92 Å². The van der Waals surface area contributed by atoms with Crippen molar-refractivity contribution in [3.8, 4) is 27.9 Å². The maximum absolute atomic E-state index is 4.89. The van der Waals surface area contributed by atoms with Gasteiger partial charge >= 0.3 is 0 Å². The van der Waals surface area contributed by atoms with Crippen LogP contribution in [-0.2, 0) is 0 Å². The Balaban J connectivity index is 0.994. The summed E-state index contributed by atoms with van der Waals surface area (Å²) in [7, 11) is 0. The van der Waals surface area contributed by atoms with Gasteiger partial charge in [-0.25, -0.2) is 0 Å². The molecule has 288 valence electrons. The molecule has 4 nitrogen and oxygen atoms in total. The quantitative estimate of drug-likeness (QED) is 0.151. The first-order chi connectivity index (χ1) is 30.3. The van der Waals surface area contributed by atoms with Gasteiger partial charge in [-0.3, -0.25) is 4.98 Å². The molecule has 0 saturated heterocycles. The van der Waals surface area contributed by atoms with Crippen molar-refractivity contribution in [2.24, 2.45) is 0 Å². The van der Waals surface area contributed by atoms with Crippen LogP contribution >= 0.6 is 0 Å². The van der Waals surface area contributed by atoms with E-state index >= 15 is 0 Å². The zero-order chi connectivity index (χ0) is 40.3. The Morgan fingerprint density at radius 1 is 0.590 bits per heavy atom. The molecule has 0 bridgehead atoms. The highest BCUT2D eigenvalue weighted by Crippen LogP contribution is 2.50. The van der Waals surface area contributed by atoms with Crippen molar-refractivity contribution in [2.45, 2.75) is 18.8 Å². The molecule has 1 unspecified atom stereocenters. The molecule has 3 heterocycles. The van der Waals surface area contributed by atoms with Crippen LogP contribution in [0.2, 0.25) is 0 Å². The Labute approximate surface area is 355 Å². The van der Waals surface area contributed by atoms with Gasteiger partial charge in [0.2, 0.25) is 0 Å². The molecule has 0 N–H and O–H groups in total. The third-order valence-electron chi connectivity index (χ3n) is 12.5. The van der Waals surface area contributed by atoms with Crippen molar-refractivity contribution in [1.82, 2.24) is 9.55 Å². The van der Waals surface area contributed by atoms with Gasteiger partial charge in [-0.2, -0.15) is 0 Å². The summed E-state index contributed by atoms with van der Waals surface area (Å²) in [6.45, 7) is 0. The van der Waals surface area contributed by atoms with E-state index < -0.39 is 0 Å². The number of nitrogens with zero attached hydrogens (tertiary/aromatic N) is 4. The van der Waals surface area contributed by atoms with Crippen LogP contribution in [0.15, 0.2) is 230 Å². The maximum atomic E-state index is 4.89. The predicted octanol–water partition coefficient (Wildman–Crippen LogP) is 14.9. The second-order valence-electron chi connectivity index (χ2n) is 16.0. The number of pyridine rings is 1. The molecule has 0 amide bonds. The summed E-state index contributed by atoms with van der Waals surface area (Å²) >= 11 is 0. The van der Waals surface area contributed by atoms with Crippen LogP contribution < -0.4 is 9.80 Å². The van der Waals surface area contributed by atoms with Crippen molar-refractivity contribution in [3.05, 3.63) is 235 Å². The first kappa shape index (κ1) is 35.1. The number of rotatable bonds is 7. The second kappa shape index (κ2) is 14.4. The van der Waals surface area contributed by atoms with E-state index in [1.807, 2.05) is 18.5 Å². The number of anilines is 4. The normalized spacial score (nSPS) is 15.3. The van der Waals surface area contributed by atoms with Crippen molar-refractivity contribution in [1.29, 1.82) is 0 Å². The molecule has 12 rings (SSSR count). The molecule has 0 radical (unpaired) electrons.